The van der Waals surface area contributed by atoms with Gasteiger partial charge in [0, 0.05) is 10.8 Å². The lowest BCUT2D eigenvalue weighted by Crippen LogP contribution is -1.78. The van der Waals surface area contributed by atoms with Crippen LogP contribution in [-0.4, -0.2) is 0 Å². The van der Waals surface area contributed by atoms with Crippen molar-refractivity contribution in [3.8, 4) is 6.07 Å². The van der Waals surface area contributed by atoms with Crippen LogP contribution in [0.5, 0.6) is 0 Å². The van der Waals surface area contributed by atoms with Crippen LogP contribution in [0.1, 0.15) is 11.1 Å². The molecule has 1 aromatic carbocycles. The summed E-state index contributed by atoms with van der Waals surface area (Å²) in [7, 11) is 0. The SMILES string of the molecule is Cc1cc(F)c2scc(C#N)c2c1. The Morgan fingerprint density at radius 1 is 1.46 bits per heavy atom. The molecular formula is C10H6FNS. The van der Waals surface area contributed by atoms with Gasteiger partial charge in [0.15, 0.2) is 0 Å². The molecule has 2 aromatic rings. The lowest BCUT2D eigenvalue weighted by Gasteiger charge is -1.95. The minimum absolute atomic E-state index is 0.235. The fourth-order valence-corrected chi connectivity index (χ4v) is 2.20. The van der Waals surface area contributed by atoms with Crippen LogP contribution >= 0.6 is 11.3 Å². The van der Waals surface area contributed by atoms with Gasteiger partial charge in [-0.1, -0.05) is 0 Å². The summed E-state index contributed by atoms with van der Waals surface area (Å²) in [6, 6.07) is 5.37. The number of rotatable bonds is 0. The smallest absolute Gasteiger partial charge is 0.141 e. The van der Waals surface area contributed by atoms with Crippen LogP contribution in [0.15, 0.2) is 17.5 Å². The predicted octanol–water partition coefficient (Wildman–Crippen LogP) is 3.22. The topological polar surface area (TPSA) is 23.8 Å². The number of nitrogens with zero attached hydrogens (tertiary/aromatic N) is 1. The first kappa shape index (κ1) is 8.21. The Bertz CT molecular complexity index is 507. The molecule has 0 aliphatic carbocycles. The van der Waals surface area contributed by atoms with Crippen molar-refractivity contribution < 1.29 is 4.39 Å². The average molecular weight is 191 g/mol. The molecule has 0 aliphatic heterocycles. The second-order valence-corrected chi connectivity index (χ2v) is 3.76. The molecule has 1 heterocycles. The Hall–Kier alpha value is -1.40. The van der Waals surface area contributed by atoms with E-state index in [1.807, 2.05) is 19.1 Å². The van der Waals surface area contributed by atoms with Crippen LogP contribution < -0.4 is 0 Å². The Morgan fingerprint density at radius 3 is 2.92 bits per heavy atom. The number of hydrogen-bond acceptors (Lipinski definition) is 2. The van der Waals surface area contributed by atoms with Crippen molar-refractivity contribution in [2.45, 2.75) is 6.92 Å². The molecule has 0 atom stereocenters. The molecule has 1 aromatic heterocycles. The normalized spacial score (nSPS) is 10.2. The molecule has 0 N–H and O–H groups in total. The highest BCUT2D eigenvalue weighted by molar-refractivity contribution is 7.17. The van der Waals surface area contributed by atoms with E-state index in [1.165, 1.54) is 17.4 Å². The molecule has 0 unspecified atom stereocenters. The molecular weight excluding hydrogens is 185 g/mol. The zero-order valence-electron chi connectivity index (χ0n) is 6.97. The lowest BCUT2D eigenvalue weighted by atomic mass is 10.1. The maximum absolute atomic E-state index is 13.3. The molecule has 0 saturated carbocycles. The van der Waals surface area contributed by atoms with Gasteiger partial charge in [-0.3, -0.25) is 0 Å². The van der Waals surface area contributed by atoms with E-state index in [0.29, 0.717) is 10.3 Å². The maximum atomic E-state index is 13.3. The van der Waals surface area contributed by atoms with E-state index in [-0.39, 0.29) is 5.82 Å². The molecule has 0 spiro atoms. The number of hydrogen-bond donors (Lipinski definition) is 0. The van der Waals surface area contributed by atoms with Crippen LogP contribution in [-0.2, 0) is 0 Å². The standard InChI is InChI=1S/C10H6FNS/c1-6-2-8-7(4-12)5-13-10(8)9(11)3-6/h2-3,5H,1H3. The minimum Gasteiger partial charge on any atom is -0.205 e. The van der Waals surface area contributed by atoms with E-state index < -0.39 is 0 Å². The number of halogens is 1. The number of benzene rings is 1. The van der Waals surface area contributed by atoms with Gasteiger partial charge >= 0.3 is 0 Å². The zero-order valence-corrected chi connectivity index (χ0v) is 7.78. The summed E-state index contributed by atoms with van der Waals surface area (Å²) in [4.78, 5) is 0. The molecule has 64 valence electrons. The van der Waals surface area contributed by atoms with Crippen LogP contribution in [0.2, 0.25) is 0 Å². The monoisotopic (exact) mass is 191 g/mol. The van der Waals surface area contributed by atoms with Crippen molar-refractivity contribution in [1.29, 1.82) is 5.26 Å². The van der Waals surface area contributed by atoms with E-state index in [1.54, 1.807) is 5.38 Å². The largest absolute Gasteiger partial charge is 0.205 e. The van der Waals surface area contributed by atoms with E-state index in [0.717, 1.165) is 10.9 Å². The van der Waals surface area contributed by atoms with Gasteiger partial charge in [0.05, 0.1) is 10.3 Å². The molecule has 13 heavy (non-hydrogen) atoms. The van der Waals surface area contributed by atoms with E-state index in [9.17, 15) is 4.39 Å². The fraction of sp³-hybridized carbons (Fsp3) is 0.100. The molecule has 2 rings (SSSR count). The first-order valence-electron chi connectivity index (χ1n) is 3.80. The second kappa shape index (κ2) is 2.82. The quantitative estimate of drug-likeness (QED) is 0.627. The maximum Gasteiger partial charge on any atom is 0.141 e. The molecule has 0 radical (unpaired) electrons. The van der Waals surface area contributed by atoms with Gasteiger partial charge in [0.25, 0.3) is 0 Å². The predicted molar refractivity (Wildman–Crippen MR) is 51.2 cm³/mol. The summed E-state index contributed by atoms with van der Waals surface area (Å²) in [6.45, 7) is 1.82. The van der Waals surface area contributed by atoms with Crippen LogP contribution in [0.4, 0.5) is 4.39 Å². The van der Waals surface area contributed by atoms with Crippen LogP contribution in [0.3, 0.4) is 0 Å². The number of nitriles is 1. The molecule has 0 bridgehead atoms. The third-order valence-corrected chi connectivity index (χ3v) is 2.90. The van der Waals surface area contributed by atoms with Crippen LogP contribution in [0, 0.1) is 24.1 Å². The highest BCUT2D eigenvalue weighted by Gasteiger charge is 2.07. The van der Waals surface area contributed by atoms with E-state index in [2.05, 4.69) is 0 Å². The zero-order chi connectivity index (χ0) is 9.42. The van der Waals surface area contributed by atoms with Gasteiger partial charge in [0.2, 0.25) is 0 Å². The summed E-state index contributed by atoms with van der Waals surface area (Å²) in [5.41, 5.74) is 1.41. The molecule has 0 amide bonds. The first-order chi connectivity index (χ1) is 6.22. The lowest BCUT2D eigenvalue weighted by molar-refractivity contribution is 0.640. The second-order valence-electron chi connectivity index (χ2n) is 2.88. The van der Waals surface area contributed by atoms with Gasteiger partial charge in [-0.25, -0.2) is 4.39 Å². The molecule has 0 aliphatic rings. The van der Waals surface area contributed by atoms with Crippen molar-refractivity contribution in [3.05, 3.63) is 34.5 Å². The Morgan fingerprint density at radius 2 is 2.23 bits per heavy atom. The summed E-state index contributed by atoms with van der Waals surface area (Å²) in [5, 5.41) is 11.2. The third kappa shape index (κ3) is 1.20. The third-order valence-electron chi connectivity index (χ3n) is 1.89. The Balaban J connectivity index is 2.92. The van der Waals surface area contributed by atoms with Crippen LogP contribution in [0.25, 0.3) is 10.1 Å². The van der Waals surface area contributed by atoms with Crippen molar-refractivity contribution in [1.82, 2.24) is 0 Å². The van der Waals surface area contributed by atoms with Gasteiger partial charge in [-0.05, 0) is 24.6 Å². The summed E-state index contributed by atoms with van der Waals surface area (Å²) in [5.74, 6) is -0.235. The first-order valence-corrected chi connectivity index (χ1v) is 4.68. The molecule has 0 fully saturated rings. The number of thiophene rings is 1. The minimum atomic E-state index is -0.235. The average Bonchev–Trinajstić information content (AvgIpc) is 2.47. The highest BCUT2D eigenvalue weighted by atomic mass is 32.1. The van der Waals surface area contributed by atoms with Crippen molar-refractivity contribution in [2.75, 3.05) is 0 Å². The number of fused-ring (bicyclic) bond motifs is 1. The summed E-state index contributed by atoms with van der Waals surface area (Å²) < 4.78 is 13.9. The molecule has 0 saturated heterocycles. The molecule has 3 heteroatoms. The Labute approximate surface area is 79.0 Å². The van der Waals surface area contributed by atoms with Gasteiger partial charge < -0.3 is 0 Å². The van der Waals surface area contributed by atoms with Gasteiger partial charge in [0.1, 0.15) is 11.9 Å². The highest BCUT2D eigenvalue weighted by Crippen LogP contribution is 2.28. The van der Waals surface area contributed by atoms with Gasteiger partial charge in [-0.15, -0.1) is 11.3 Å². The molecule has 1 nitrogen and oxygen atoms in total. The van der Waals surface area contributed by atoms with Gasteiger partial charge in [-0.2, -0.15) is 5.26 Å². The van der Waals surface area contributed by atoms with Crippen molar-refractivity contribution >= 4 is 21.4 Å². The van der Waals surface area contributed by atoms with Crippen molar-refractivity contribution in [2.24, 2.45) is 0 Å². The summed E-state index contributed by atoms with van der Waals surface area (Å²) >= 11 is 1.28. The van der Waals surface area contributed by atoms with E-state index in [4.69, 9.17) is 5.26 Å². The van der Waals surface area contributed by atoms with E-state index >= 15 is 0 Å². The van der Waals surface area contributed by atoms with Crippen molar-refractivity contribution in [3.63, 3.8) is 0 Å². The Kier molecular flexibility index (Phi) is 1.78. The number of aryl methyl sites for hydroxylation is 1. The fourth-order valence-electron chi connectivity index (χ4n) is 1.32. The summed E-state index contributed by atoms with van der Waals surface area (Å²) in [6.07, 6.45) is 0.